The molecule has 0 N–H and O–H groups in total. The van der Waals surface area contributed by atoms with Crippen LogP contribution in [0.2, 0.25) is 0 Å². The van der Waals surface area contributed by atoms with Gasteiger partial charge in [0, 0.05) is 5.56 Å². The van der Waals surface area contributed by atoms with Crippen molar-refractivity contribution in [2.45, 2.75) is 59.5 Å². The first-order chi connectivity index (χ1) is 15.8. The number of esters is 1. The van der Waals surface area contributed by atoms with E-state index in [1.165, 1.54) is 0 Å². The van der Waals surface area contributed by atoms with Crippen LogP contribution in [0.5, 0.6) is 17.2 Å². The normalized spacial score (nSPS) is 12.9. The zero-order valence-electron chi connectivity index (χ0n) is 19.7. The van der Waals surface area contributed by atoms with Crippen LogP contribution in [-0.2, 0) is 14.4 Å². The molecular weight excluding hydrogens is 554 g/mol. The van der Waals surface area contributed by atoms with Crippen LogP contribution in [0.4, 0.5) is 0 Å². The quantitative estimate of drug-likeness (QED) is 0.146. The van der Waals surface area contributed by atoms with Gasteiger partial charge in [-0.15, -0.1) is 0 Å². The van der Waals surface area contributed by atoms with Gasteiger partial charge in [-0.3, -0.25) is 0 Å². The van der Waals surface area contributed by atoms with Crippen LogP contribution in [0.1, 0.15) is 64.5 Å². The largest absolute Gasteiger partial charge is 0.494 e. The topological polar surface area (TPSA) is 66.4 Å². The molecule has 2 aromatic rings. The van der Waals surface area contributed by atoms with Crippen LogP contribution in [0.25, 0.3) is 0 Å². The van der Waals surface area contributed by atoms with E-state index in [2.05, 4.69) is 50.9 Å². The number of hydrogen-bond acceptors (Lipinski definition) is 6. The van der Waals surface area contributed by atoms with Crippen molar-refractivity contribution < 1.29 is 23.8 Å². The molecule has 2 unspecified atom stereocenters. The molecule has 2 atom stereocenters. The number of nitrogens with zero attached hydrogens (tertiary/aromatic N) is 1. The van der Waals surface area contributed by atoms with Crippen molar-refractivity contribution in [1.82, 2.24) is 0 Å². The lowest BCUT2D eigenvalue weighted by Crippen LogP contribution is -2.24. The summed E-state index contributed by atoms with van der Waals surface area (Å²) in [5, 5.41) is 3.96. The second kappa shape index (κ2) is 13.6. The van der Waals surface area contributed by atoms with E-state index in [9.17, 15) is 4.79 Å². The Hall–Kier alpha value is -2.06. The summed E-state index contributed by atoms with van der Waals surface area (Å²) in [7, 11) is 0. The van der Waals surface area contributed by atoms with Crippen molar-refractivity contribution in [2.75, 3.05) is 13.2 Å². The highest BCUT2D eigenvalue weighted by molar-refractivity contribution is 9.11. The Labute approximate surface area is 212 Å². The predicted molar refractivity (Wildman–Crippen MR) is 138 cm³/mol. The molecule has 0 saturated carbocycles. The standard InChI is InChI=1S/C25H31Br2NO5/c1-6-16(5)19-14-18(10-11-23(19)30-8-3)32-24-20(26)12-17(13-21(24)27)15-28-33-22(7-2)25(29)31-9-4/h10-16,22H,6-9H2,1-5H3/b28-15+. The first-order valence-corrected chi connectivity index (χ1v) is 12.7. The van der Waals surface area contributed by atoms with Gasteiger partial charge in [-0.1, -0.05) is 25.9 Å². The fourth-order valence-corrected chi connectivity index (χ4v) is 4.42. The molecule has 0 aliphatic rings. The molecule has 0 saturated heterocycles. The molecule has 0 heterocycles. The molecule has 2 rings (SSSR count). The number of hydrogen-bond donors (Lipinski definition) is 0. The Bertz CT molecular complexity index is 941. The van der Waals surface area contributed by atoms with E-state index in [1.807, 2.05) is 44.2 Å². The molecule has 8 heteroatoms. The van der Waals surface area contributed by atoms with E-state index in [1.54, 1.807) is 13.1 Å². The molecule has 0 amide bonds. The first kappa shape index (κ1) is 27.2. The highest BCUT2D eigenvalue weighted by Gasteiger charge is 2.19. The minimum Gasteiger partial charge on any atom is -0.494 e. The van der Waals surface area contributed by atoms with Crippen LogP contribution in [0.3, 0.4) is 0 Å². The molecule has 0 aromatic heterocycles. The SMILES string of the molecule is CCOC(=O)C(CC)O/N=C/c1cc(Br)c(Oc2ccc(OCC)c(C(C)CC)c2)c(Br)c1. The van der Waals surface area contributed by atoms with Gasteiger partial charge in [-0.2, -0.15) is 0 Å². The second-order valence-corrected chi connectivity index (χ2v) is 9.06. The summed E-state index contributed by atoms with van der Waals surface area (Å²) in [6.07, 6.45) is 2.29. The van der Waals surface area contributed by atoms with Crippen molar-refractivity contribution >= 4 is 44.0 Å². The maximum absolute atomic E-state index is 11.8. The summed E-state index contributed by atoms with van der Waals surface area (Å²) in [5.74, 6) is 2.18. The third-order valence-electron chi connectivity index (χ3n) is 4.98. The molecular formula is C25H31Br2NO5. The van der Waals surface area contributed by atoms with Gasteiger partial charge in [0.15, 0.2) is 5.75 Å². The van der Waals surface area contributed by atoms with Gasteiger partial charge in [-0.05, 0) is 100 Å². The van der Waals surface area contributed by atoms with E-state index >= 15 is 0 Å². The predicted octanol–water partition coefficient (Wildman–Crippen LogP) is 7.61. The Kier molecular flexibility index (Phi) is 11.2. The van der Waals surface area contributed by atoms with Gasteiger partial charge in [-0.25, -0.2) is 4.79 Å². The van der Waals surface area contributed by atoms with Crippen molar-refractivity contribution in [3.63, 3.8) is 0 Å². The summed E-state index contributed by atoms with van der Waals surface area (Å²) in [4.78, 5) is 17.1. The Morgan fingerprint density at radius 2 is 1.73 bits per heavy atom. The number of rotatable bonds is 12. The summed E-state index contributed by atoms with van der Waals surface area (Å²) in [6.45, 7) is 10.8. The van der Waals surface area contributed by atoms with Gasteiger partial charge in [0.25, 0.3) is 0 Å². The second-order valence-electron chi connectivity index (χ2n) is 7.35. The zero-order valence-corrected chi connectivity index (χ0v) is 22.9. The summed E-state index contributed by atoms with van der Waals surface area (Å²) < 4.78 is 18.5. The van der Waals surface area contributed by atoms with Crippen LogP contribution < -0.4 is 9.47 Å². The smallest absolute Gasteiger partial charge is 0.350 e. The number of ether oxygens (including phenoxy) is 3. The van der Waals surface area contributed by atoms with Gasteiger partial charge in [0.1, 0.15) is 11.5 Å². The van der Waals surface area contributed by atoms with Gasteiger partial charge >= 0.3 is 5.97 Å². The highest BCUT2D eigenvalue weighted by Crippen LogP contribution is 2.40. The minimum absolute atomic E-state index is 0.303. The number of oxime groups is 1. The fraction of sp³-hybridized carbons (Fsp3) is 0.440. The molecule has 0 radical (unpaired) electrons. The van der Waals surface area contributed by atoms with Crippen molar-refractivity contribution in [3.05, 3.63) is 50.4 Å². The summed E-state index contributed by atoms with van der Waals surface area (Å²) >= 11 is 7.16. The molecule has 180 valence electrons. The highest BCUT2D eigenvalue weighted by atomic mass is 79.9. The minimum atomic E-state index is -0.727. The first-order valence-electron chi connectivity index (χ1n) is 11.1. The average molecular weight is 585 g/mol. The lowest BCUT2D eigenvalue weighted by Gasteiger charge is -2.18. The maximum atomic E-state index is 11.8. The number of halogens is 2. The number of carbonyl (C=O) groups excluding carboxylic acids is 1. The lowest BCUT2D eigenvalue weighted by atomic mass is 9.97. The van der Waals surface area contributed by atoms with E-state index in [0.29, 0.717) is 31.3 Å². The van der Waals surface area contributed by atoms with Crippen molar-refractivity contribution in [2.24, 2.45) is 5.16 Å². The fourth-order valence-electron chi connectivity index (χ4n) is 3.04. The van der Waals surface area contributed by atoms with Crippen LogP contribution in [-0.4, -0.2) is 31.5 Å². The van der Waals surface area contributed by atoms with Gasteiger partial charge < -0.3 is 19.0 Å². The van der Waals surface area contributed by atoms with E-state index in [0.717, 1.165) is 38.0 Å². The number of benzene rings is 2. The summed E-state index contributed by atoms with van der Waals surface area (Å²) in [6, 6.07) is 9.61. The van der Waals surface area contributed by atoms with E-state index < -0.39 is 12.1 Å². The maximum Gasteiger partial charge on any atom is 0.350 e. The molecule has 33 heavy (non-hydrogen) atoms. The lowest BCUT2D eigenvalue weighted by molar-refractivity contribution is -0.156. The van der Waals surface area contributed by atoms with Gasteiger partial charge in [0.05, 0.1) is 28.4 Å². The Balaban J connectivity index is 2.19. The van der Waals surface area contributed by atoms with E-state index in [-0.39, 0.29) is 0 Å². The van der Waals surface area contributed by atoms with E-state index in [4.69, 9.17) is 19.0 Å². The van der Waals surface area contributed by atoms with Gasteiger partial charge in [0.2, 0.25) is 6.10 Å². The molecule has 0 aliphatic carbocycles. The summed E-state index contributed by atoms with van der Waals surface area (Å²) in [5.41, 5.74) is 1.89. The number of carbonyl (C=O) groups is 1. The molecule has 0 fully saturated rings. The monoisotopic (exact) mass is 583 g/mol. The third kappa shape index (κ3) is 7.74. The Morgan fingerprint density at radius 1 is 1.03 bits per heavy atom. The molecule has 0 aliphatic heterocycles. The molecule has 6 nitrogen and oxygen atoms in total. The Morgan fingerprint density at radius 3 is 2.30 bits per heavy atom. The van der Waals surface area contributed by atoms with Crippen LogP contribution in [0.15, 0.2) is 44.4 Å². The molecule has 0 bridgehead atoms. The van der Waals surface area contributed by atoms with Crippen LogP contribution >= 0.6 is 31.9 Å². The van der Waals surface area contributed by atoms with Crippen molar-refractivity contribution in [3.8, 4) is 17.2 Å². The average Bonchev–Trinajstić information content (AvgIpc) is 2.79. The zero-order chi connectivity index (χ0) is 24.4. The molecule has 2 aromatic carbocycles. The van der Waals surface area contributed by atoms with Crippen LogP contribution in [0, 0.1) is 0 Å². The molecule has 0 spiro atoms. The van der Waals surface area contributed by atoms with Crippen molar-refractivity contribution in [1.29, 1.82) is 0 Å². The third-order valence-corrected chi connectivity index (χ3v) is 6.15.